The molecule has 0 unspecified atom stereocenters. The van der Waals surface area contributed by atoms with E-state index >= 15 is 0 Å². The van der Waals surface area contributed by atoms with Crippen LogP contribution in [-0.2, 0) is 4.74 Å². The highest BCUT2D eigenvalue weighted by atomic mass is 16.5. The summed E-state index contributed by atoms with van der Waals surface area (Å²) in [5.41, 5.74) is -1.42. The van der Waals surface area contributed by atoms with Gasteiger partial charge in [0.2, 0.25) is 0 Å². The molecule has 86 valence electrons. The molecule has 1 aliphatic heterocycles. The summed E-state index contributed by atoms with van der Waals surface area (Å²) in [5, 5.41) is 18.2. The van der Waals surface area contributed by atoms with Crippen LogP contribution < -0.4 is 0 Å². The molecule has 2 radical (unpaired) electrons. The van der Waals surface area contributed by atoms with E-state index in [4.69, 9.17) is 22.8 Å². The predicted octanol–water partition coefficient (Wildman–Crippen LogP) is 1.33. The first-order valence-corrected chi connectivity index (χ1v) is 5.18. The molecule has 1 aliphatic rings. The lowest BCUT2D eigenvalue weighted by Crippen LogP contribution is -2.44. The van der Waals surface area contributed by atoms with Crippen LogP contribution in [0.25, 0.3) is 0 Å². The van der Waals surface area contributed by atoms with Crippen LogP contribution in [0.15, 0.2) is 11.7 Å². The lowest BCUT2D eigenvalue weighted by atomic mass is 9.90. The summed E-state index contributed by atoms with van der Waals surface area (Å²) in [6.07, 6.45) is 4.09. The maximum Gasteiger partial charge on any atom is 0.166 e. The minimum Gasteiger partial charge on any atom is -0.510 e. The Bertz CT molecular complexity index is 199. The van der Waals surface area contributed by atoms with E-state index < -0.39 is 11.2 Å². The van der Waals surface area contributed by atoms with E-state index in [0.29, 0.717) is 5.66 Å². The van der Waals surface area contributed by atoms with Gasteiger partial charge in [0.25, 0.3) is 0 Å². The number of hydrogen-bond acceptors (Lipinski definition) is 3. The average molecular weight is 212 g/mol. The summed E-state index contributed by atoms with van der Waals surface area (Å²) in [6.45, 7) is 7.10. The first kappa shape index (κ1) is 14.5. The Morgan fingerprint density at radius 1 is 1.20 bits per heavy atom. The number of ether oxygens (including phenoxy) is 1. The highest BCUT2D eigenvalue weighted by molar-refractivity contribution is 6.20. The lowest BCUT2D eigenvalue weighted by Gasteiger charge is -2.31. The average Bonchev–Trinajstić information content (AvgIpc) is 2.02. The van der Waals surface area contributed by atoms with Crippen LogP contribution in [0.2, 0.25) is 0 Å². The Kier molecular flexibility index (Phi) is 5.39. The van der Waals surface area contributed by atoms with Crippen molar-refractivity contribution in [3.63, 3.8) is 0 Å². The zero-order valence-electron chi connectivity index (χ0n) is 10.1. The van der Waals surface area contributed by atoms with E-state index in [-0.39, 0.29) is 0 Å². The highest BCUT2D eigenvalue weighted by Crippen LogP contribution is 2.19. The van der Waals surface area contributed by atoms with Gasteiger partial charge in [0, 0.05) is 5.66 Å². The van der Waals surface area contributed by atoms with Gasteiger partial charge in [0.15, 0.2) is 7.85 Å². The summed E-state index contributed by atoms with van der Waals surface area (Å²) in [4.78, 5) is 0. The maximum absolute atomic E-state index is 9.10. The van der Waals surface area contributed by atoms with Crippen molar-refractivity contribution in [3.05, 3.63) is 11.7 Å². The van der Waals surface area contributed by atoms with Crippen molar-refractivity contribution < 1.29 is 14.9 Å². The third-order valence-corrected chi connectivity index (χ3v) is 2.46. The van der Waals surface area contributed by atoms with E-state index in [1.54, 1.807) is 27.7 Å². The minimum absolute atomic E-state index is 0.589. The molecule has 0 fully saturated rings. The van der Waals surface area contributed by atoms with Gasteiger partial charge in [-0.15, -0.1) is 0 Å². The van der Waals surface area contributed by atoms with Gasteiger partial charge in [-0.1, -0.05) is 6.08 Å². The summed E-state index contributed by atoms with van der Waals surface area (Å²) >= 11 is 0. The van der Waals surface area contributed by atoms with Crippen molar-refractivity contribution in [1.82, 2.24) is 0 Å². The van der Waals surface area contributed by atoms with Gasteiger partial charge in [-0.2, -0.15) is 0 Å². The summed E-state index contributed by atoms with van der Waals surface area (Å²) in [5.74, 6) is 0. The fourth-order valence-electron chi connectivity index (χ4n) is 0.577. The quantitative estimate of drug-likeness (QED) is 0.644. The Morgan fingerprint density at radius 3 is 1.80 bits per heavy atom. The second kappa shape index (κ2) is 5.57. The maximum atomic E-state index is 9.10. The molecule has 0 atom stereocenters. The smallest absolute Gasteiger partial charge is 0.166 e. The molecular formula is C11H21BO3. The number of aliphatic hydroxyl groups is 2. The van der Waals surface area contributed by atoms with Crippen LogP contribution in [0.1, 0.15) is 40.5 Å². The Morgan fingerprint density at radius 2 is 1.67 bits per heavy atom. The molecule has 15 heavy (non-hydrogen) atoms. The van der Waals surface area contributed by atoms with E-state index in [9.17, 15) is 0 Å². The van der Waals surface area contributed by atoms with Crippen LogP contribution in [0.3, 0.4) is 0 Å². The van der Waals surface area contributed by atoms with Crippen molar-refractivity contribution >= 4 is 7.85 Å². The molecule has 0 bridgehead atoms. The van der Waals surface area contributed by atoms with Crippen molar-refractivity contribution in [1.29, 1.82) is 0 Å². The van der Waals surface area contributed by atoms with Crippen LogP contribution >= 0.6 is 0 Å². The second-order valence-corrected chi connectivity index (χ2v) is 4.72. The number of allylic oxidation sites excluding steroid dienone is 1. The molecule has 0 aliphatic carbocycles. The molecule has 2 N–H and O–H groups in total. The van der Waals surface area contributed by atoms with Gasteiger partial charge < -0.3 is 14.9 Å². The number of hydrogen-bond donors (Lipinski definition) is 2. The molecule has 1 heterocycles. The minimum atomic E-state index is -1.01. The first-order chi connectivity index (χ1) is 6.64. The van der Waals surface area contributed by atoms with Crippen LogP contribution in [0.5, 0.6) is 0 Å². The van der Waals surface area contributed by atoms with E-state index in [2.05, 4.69) is 0 Å². The molecule has 4 heteroatoms. The Labute approximate surface area is 93.6 Å². The summed E-state index contributed by atoms with van der Waals surface area (Å²) < 4.78 is 4.92. The van der Waals surface area contributed by atoms with Gasteiger partial charge in [0.1, 0.15) is 0 Å². The molecule has 3 nitrogen and oxygen atoms in total. The van der Waals surface area contributed by atoms with E-state index in [1.165, 1.54) is 0 Å². The van der Waals surface area contributed by atoms with Gasteiger partial charge in [-0.25, -0.2) is 0 Å². The molecule has 0 aromatic carbocycles. The van der Waals surface area contributed by atoms with Gasteiger partial charge in [-0.05, 0) is 40.5 Å². The normalized spacial score (nSPS) is 17.1. The standard InChI is InChI=1S/C6H14O2.C5H7BO/c1-5(2,7)6(3,4)8;6-5-3-1-2-4-7-5/h7-8H,1-4H3;3H,1-2,4H2. The zero-order chi connectivity index (χ0) is 12.1. The predicted molar refractivity (Wildman–Crippen MR) is 61.6 cm³/mol. The van der Waals surface area contributed by atoms with Crippen LogP contribution in [0.4, 0.5) is 0 Å². The summed E-state index contributed by atoms with van der Waals surface area (Å²) in [6, 6.07) is 0. The van der Waals surface area contributed by atoms with Crippen molar-refractivity contribution in [2.45, 2.75) is 51.7 Å². The van der Waals surface area contributed by atoms with Crippen LogP contribution in [-0.4, -0.2) is 35.9 Å². The van der Waals surface area contributed by atoms with Crippen molar-refractivity contribution in [2.24, 2.45) is 0 Å². The third-order valence-electron chi connectivity index (χ3n) is 2.46. The molecule has 0 spiro atoms. The van der Waals surface area contributed by atoms with Crippen molar-refractivity contribution in [2.75, 3.05) is 6.61 Å². The van der Waals surface area contributed by atoms with E-state index in [0.717, 1.165) is 19.4 Å². The molecule has 0 aromatic heterocycles. The largest absolute Gasteiger partial charge is 0.510 e. The van der Waals surface area contributed by atoms with Gasteiger partial charge >= 0.3 is 0 Å². The molecule has 1 rings (SSSR count). The molecular weight excluding hydrogens is 191 g/mol. The highest BCUT2D eigenvalue weighted by Gasteiger charge is 2.31. The lowest BCUT2D eigenvalue weighted by molar-refractivity contribution is -0.107. The third kappa shape index (κ3) is 6.58. The zero-order valence-corrected chi connectivity index (χ0v) is 10.1. The van der Waals surface area contributed by atoms with E-state index in [1.807, 2.05) is 6.08 Å². The monoisotopic (exact) mass is 212 g/mol. The van der Waals surface area contributed by atoms with Crippen LogP contribution in [0, 0.1) is 0 Å². The van der Waals surface area contributed by atoms with Gasteiger partial charge in [-0.3, -0.25) is 0 Å². The molecule has 0 saturated heterocycles. The van der Waals surface area contributed by atoms with Crippen molar-refractivity contribution in [3.8, 4) is 0 Å². The Hall–Kier alpha value is -0.475. The first-order valence-electron chi connectivity index (χ1n) is 5.18. The second-order valence-electron chi connectivity index (χ2n) is 4.72. The number of rotatable bonds is 1. The van der Waals surface area contributed by atoms with Gasteiger partial charge in [0.05, 0.1) is 17.8 Å². The molecule has 0 amide bonds. The topological polar surface area (TPSA) is 49.7 Å². The summed E-state index contributed by atoms with van der Waals surface area (Å²) in [7, 11) is 5.27. The Balaban J connectivity index is 0.000000262. The SMILES string of the molecule is CC(C)(O)C(C)(C)O.[B]C1=CCCCO1. The fraction of sp³-hybridized carbons (Fsp3) is 0.818. The molecule has 0 saturated carbocycles. The molecule has 0 aromatic rings. The fourth-order valence-corrected chi connectivity index (χ4v) is 0.577.